The van der Waals surface area contributed by atoms with Crippen molar-refractivity contribution in [1.82, 2.24) is 14.8 Å². The number of aromatic carboxylic acids is 1. The van der Waals surface area contributed by atoms with Crippen LogP contribution in [0.2, 0.25) is 0 Å². The number of pyridine rings is 1. The maximum Gasteiger partial charge on any atom is 0.416 e. The highest BCUT2D eigenvalue weighted by atomic mass is 19.4. The molecule has 0 bridgehead atoms. The van der Waals surface area contributed by atoms with Crippen molar-refractivity contribution in [3.05, 3.63) is 41.3 Å². The molecule has 0 fully saturated rings. The summed E-state index contributed by atoms with van der Waals surface area (Å²) in [6.45, 7) is 1.44. The molecule has 0 unspecified atom stereocenters. The van der Waals surface area contributed by atoms with Gasteiger partial charge in [0, 0.05) is 6.20 Å². The van der Waals surface area contributed by atoms with Gasteiger partial charge in [0.25, 0.3) is 0 Å². The first-order chi connectivity index (χ1) is 8.80. The predicted octanol–water partition coefficient (Wildman–Crippen LogP) is 2.29. The first-order valence-electron chi connectivity index (χ1n) is 5.12. The lowest BCUT2D eigenvalue weighted by Gasteiger charge is -2.09. The zero-order valence-electron chi connectivity index (χ0n) is 9.64. The van der Waals surface area contributed by atoms with Gasteiger partial charge in [0.15, 0.2) is 5.82 Å². The van der Waals surface area contributed by atoms with Gasteiger partial charge in [-0.05, 0) is 19.1 Å². The lowest BCUT2D eigenvalue weighted by molar-refractivity contribution is -0.137. The Hall–Kier alpha value is -2.38. The van der Waals surface area contributed by atoms with E-state index in [2.05, 4.69) is 10.1 Å². The summed E-state index contributed by atoms with van der Waals surface area (Å²) in [5, 5.41) is 12.6. The van der Waals surface area contributed by atoms with Gasteiger partial charge in [0.05, 0.1) is 17.5 Å². The molecule has 0 saturated heterocycles. The Morgan fingerprint density at radius 2 is 2.11 bits per heavy atom. The van der Waals surface area contributed by atoms with E-state index in [1.54, 1.807) is 0 Å². The van der Waals surface area contributed by atoms with E-state index in [4.69, 9.17) is 5.11 Å². The molecule has 2 heterocycles. The normalized spacial score (nSPS) is 11.6. The fourth-order valence-corrected chi connectivity index (χ4v) is 1.56. The maximum atomic E-state index is 12.6. The maximum absolute atomic E-state index is 12.6. The minimum Gasteiger partial charge on any atom is -0.478 e. The van der Waals surface area contributed by atoms with E-state index in [-0.39, 0.29) is 17.1 Å². The highest BCUT2D eigenvalue weighted by Crippen LogP contribution is 2.29. The molecule has 2 aromatic heterocycles. The Labute approximate surface area is 105 Å². The van der Waals surface area contributed by atoms with Crippen LogP contribution >= 0.6 is 0 Å². The lowest BCUT2D eigenvalue weighted by atomic mass is 10.2. The minimum atomic E-state index is -4.49. The molecule has 19 heavy (non-hydrogen) atoms. The fourth-order valence-electron chi connectivity index (χ4n) is 1.56. The SMILES string of the molecule is Cc1c(C(=O)O)cnn1-c1cc(C(F)(F)F)ccn1. The summed E-state index contributed by atoms with van der Waals surface area (Å²) in [5.41, 5.74) is -0.747. The van der Waals surface area contributed by atoms with Gasteiger partial charge >= 0.3 is 12.1 Å². The van der Waals surface area contributed by atoms with Crippen LogP contribution in [0.1, 0.15) is 21.6 Å². The van der Waals surface area contributed by atoms with Crippen LogP contribution in [-0.2, 0) is 6.18 Å². The molecule has 100 valence electrons. The largest absolute Gasteiger partial charge is 0.478 e. The summed E-state index contributed by atoms with van der Waals surface area (Å²) in [6, 6.07) is 1.64. The summed E-state index contributed by atoms with van der Waals surface area (Å²) < 4.78 is 38.8. The predicted molar refractivity (Wildman–Crippen MR) is 58.1 cm³/mol. The Balaban J connectivity index is 2.51. The average Bonchev–Trinajstić information content (AvgIpc) is 2.70. The van der Waals surface area contributed by atoms with E-state index in [0.717, 1.165) is 29.2 Å². The highest BCUT2D eigenvalue weighted by Gasteiger charge is 2.31. The van der Waals surface area contributed by atoms with Gasteiger partial charge in [-0.25, -0.2) is 14.5 Å². The summed E-state index contributed by atoms with van der Waals surface area (Å²) in [5.74, 6) is -1.28. The van der Waals surface area contributed by atoms with Crippen molar-refractivity contribution in [2.24, 2.45) is 0 Å². The molecule has 1 N–H and O–H groups in total. The molecule has 0 aliphatic heterocycles. The zero-order valence-corrected chi connectivity index (χ0v) is 9.64. The quantitative estimate of drug-likeness (QED) is 0.909. The fraction of sp³-hybridized carbons (Fsp3) is 0.182. The van der Waals surface area contributed by atoms with E-state index in [1.807, 2.05) is 0 Å². The number of rotatable bonds is 2. The Bertz CT molecular complexity index is 634. The number of nitrogens with zero attached hydrogens (tertiary/aromatic N) is 3. The van der Waals surface area contributed by atoms with E-state index in [1.165, 1.54) is 6.92 Å². The molecule has 8 heteroatoms. The second kappa shape index (κ2) is 4.38. The van der Waals surface area contributed by atoms with Crippen LogP contribution in [0.5, 0.6) is 0 Å². The number of alkyl halides is 3. The standard InChI is InChI=1S/C11H8F3N3O2/c1-6-8(10(18)19)5-16-17(6)9-4-7(2-3-15-9)11(12,13)14/h2-5H,1H3,(H,18,19). The summed E-state index contributed by atoms with van der Waals surface area (Å²) in [6.07, 6.45) is -2.42. The Kier molecular flexibility index (Phi) is 3.01. The molecular weight excluding hydrogens is 263 g/mol. The third-order valence-electron chi connectivity index (χ3n) is 2.53. The molecule has 0 spiro atoms. The molecule has 0 atom stereocenters. The van der Waals surface area contributed by atoms with Gasteiger partial charge in [-0.3, -0.25) is 0 Å². The van der Waals surface area contributed by atoms with Gasteiger partial charge < -0.3 is 5.11 Å². The van der Waals surface area contributed by atoms with Gasteiger partial charge in [0.2, 0.25) is 0 Å². The number of aromatic nitrogens is 3. The molecular formula is C11H8F3N3O2. The van der Waals surface area contributed by atoms with Crippen molar-refractivity contribution in [3.63, 3.8) is 0 Å². The Morgan fingerprint density at radius 1 is 1.42 bits per heavy atom. The van der Waals surface area contributed by atoms with E-state index in [9.17, 15) is 18.0 Å². The molecule has 0 amide bonds. The first kappa shape index (κ1) is 13.1. The minimum absolute atomic E-state index is 0.0835. The smallest absolute Gasteiger partial charge is 0.416 e. The average molecular weight is 271 g/mol. The zero-order chi connectivity index (χ0) is 14.2. The van der Waals surface area contributed by atoms with Crippen LogP contribution in [0.4, 0.5) is 13.2 Å². The molecule has 0 aliphatic carbocycles. The summed E-state index contributed by atoms with van der Waals surface area (Å²) in [4.78, 5) is 14.6. The Morgan fingerprint density at radius 3 is 2.63 bits per heavy atom. The van der Waals surface area contributed by atoms with Gasteiger partial charge in [0.1, 0.15) is 5.56 Å². The molecule has 5 nitrogen and oxygen atoms in total. The number of hydrogen-bond acceptors (Lipinski definition) is 3. The van der Waals surface area contributed by atoms with Crippen LogP contribution in [0.25, 0.3) is 5.82 Å². The van der Waals surface area contributed by atoms with E-state index in [0.29, 0.717) is 0 Å². The van der Waals surface area contributed by atoms with Crippen molar-refractivity contribution in [2.75, 3.05) is 0 Å². The second-order valence-corrected chi connectivity index (χ2v) is 3.76. The lowest BCUT2D eigenvalue weighted by Crippen LogP contribution is -2.09. The monoisotopic (exact) mass is 271 g/mol. The van der Waals surface area contributed by atoms with E-state index >= 15 is 0 Å². The molecule has 0 radical (unpaired) electrons. The summed E-state index contributed by atoms with van der Waals surface area (Å²) in [7, 11) is 0. The van der Waals surface area contributed by atoms with Crippen LogP contribution < -0.4 is 0 Å². The first-order valence-corrected chi connectivity index (χ1v) is 5.12. The topological polar surface area (TPSA) is 68.0 Å². The third kappa shape index (κ3) is 2.42. The number of halogens is 3. The van der Waals surface area contributed by atoms with E-state index < -0.39 is 17.7 Å². The number of carboxylic acid groups (broad SMARTS) is 1. The number of carbonyl (C=O) groups is 1. The van der Waals surface area contributed by atoms with Crippen LogP contribution in [0.15, 0.2) is 24.5 Å². The van der Waals surface area contributed by atoms with Crippen molar-refractivity contribution < 1.29 is 23.1 Å². The third-order valence-corrected chi connectivity index (χ3v) is 2.53. The molecule has 2 aromatic rings. The van der Waals surface area contributed by atoms with Gasteiger partial charge in [-0.1, -0.05) is 0 Å². The molecule has 0 aliphatic rings. The second-order valence-electron chi connectivity index (χ2n) is 3.76. The molecule has 2 rings (SSSR count). The molecule has 0 aromatic carbocycles. The van der Waals surface area contributed by atoms with Crippen LogP contribution in [0, 0.1) is 6.92 Å². The van der Waals surface area contributed by atoms with Gasteiger partial charge in [-0.2, -0.15) is 18.3 Å². The van der Waals surface area contributed by atoms with Crippen LogP contribution in [-0.4, -0.2) is 25.8 Å². The molecule has 0 saturated carbocycles. The highest BCUT2D eigenvalue weighted by molar-refractivity contribution is 5.88. The van der Waals surface area contributed by atoms with Crippen LogP contribution in [0.3, 0.4) is 0 Å². The van der Waals surface area contributed by atoms with Crippen molar-refractivity contribution in [1.29, 1.82) is 0 Å². The van der Waals surface area contributed by atoms with Gasteiger partial charge in [-0.15, -0.1) is 0 Å². The number of carboxylic acids is 1. The van der Waals surface area contributed by atoms with Crippen molar-refractivity contribution >= 4 is 5.97 Å². The number of hydrogen-bond donors (Lipinski definition) is 1. The summed E-state index contributed by atoms with van der Waals surface area (Å²) >= 11 is 0. The van der Waals surface area contributed by atoms with Crippen molar-refractivity contribution in [3.8, 4) is 5.82 Å². The van der Waals surface area contributed by atoms with Crippen molar-refractivity contribution in [2.45, 2.75) is 13.1 Å².